The molecule has 0 atom stereocenters. The van der Waals surface area contributed by atoms with Gasteiger partial charge in [-0.3, -0.25) is 0 Å². The Bertz CT molecular complexity index is 1260. The summed E-state index contributed by atoms with van der Waals surface area (Å²) in [6, 6.07) is 13.6. The van der Waals surface area contributed by atoms with Crippen LogP contribution in [0, 0.1) is 30.9 Å². The van der Waals surface area contributed by atoms with E-state index in [0.717, 1.165) is 27.4 Å². The third kappa shape index (κ3) is 2.39. The molecular formula is C23H22FN2Si+. The Morgan fingerprint density at radius 1 is 1.15 bits per heavy atom. The Balaban J connectivity index is 2.08. The monoisotopic (exact) mass is 376 g/mol. The minimum Gasteiger partial charge on any atom is -0.206 e. The summed E-state index contributed by atoms with van der Waals surface area (Å²) in [6.45, 7) is 3.97. The zero-order valence-electron chi connectivity index (χ0n) is 18.8. The van der Waals surface area contributed by atoms with Gasteiger partial charge in [0.2, 0.25) is 5.69 Å². The number of nitriles is 1. The molecule has 4 heteroatoms. The first kappa shape index (κ1) is 14.3. The van der Waals surface area contributed by atoms with Crippen LogP contribution in [0.2, 0.25) is 13.1 Å². The summed E-state index contributed by atoms with van der Waals surface area (Å²) in [4.78, 5) is 0. The van der Waals surface area contributed by atoms with Crippen LogP contribution in [-0.2, 0) is 7.05 Å². The second-order valence-electron chi connectivity index (χ2n) is 7.68. The van der Waals surface area contributed by atoms with Gasteiger partial charge >= 0.3 is 0 Å². The molecule has 3 aromatic rings. The van der Waals surface area contributed by atoms with Gasteiger partial charge in [-0.2, -0.15) is 5.26 Å². The number of hydrogen-bond acceptors (Lipinski definition) is 1. The van der Waals surface area contributed by atoms with E-state index < -0.39 is 20.7 Å². The van der Waals surface area contributed by atoms with Crippen molar-refractivity contribution in [1.82, 2.24) is 0 Å². The second kappa shape index (κ2) is 5.87. The molecule has 0 fully saturated rings. The Hall–Kier alpha value is -2.77. The lowest BCUT2D eigenvalue weighted by Gasteiger charge is -2.22. The first-order chi connectivity index (χ1) is 14.0. The highest BCUT2D eigenvalue weighted by atomic mass is 28.3. The maximum Gasteiger partial charge on any atom is 0.215 e. The van der Waals surface area contributed by atoms with E-state index in [2.05, 4.69) is 31.3 Å². The minimum atomic E-state index is -2.51. The molecule has 134 valence electrons. The van der Waals surface area contributed by atoms with Crippen molar-refractivity contribution in [2.45, 2.75) is 26.9 Å². The molecule has 27 heavy (non-hydrogen) atoms. The largest absolute Gasteiger partial charge is 0.215 e. The average Bonchev–Trinajstić information content (AvgIpc) is 2.90. The van der Waals surface area contributed by atoms with Crippen LogP contribution in [0.15, 0.2) is 42.6 Å². The number of benzene rings is 2. The quantitative estimate of drug-likeness (QED) is 0.471. The van der Waals surface area contributed by atoms with E-state index in [-0.39, 0.29) is 5.56 Å². The Kier molecular flexibility index (Phi) is 3.11. The van der Waals surface area contributed by atoms with Crippen LogP contribution in [0.1, 0.15) is 20.8 Å². The van der Waals surface area contributed by atoms with Crippen molar-refractivity contribution in [2.75, 3.05) is 0 Å². The summed E-state index contributed by atoms with van der Waals surface area (Å²) in [5, 5.41) is 12.0. The fourth-order valence-corrected chi connectivity index (χ4v) is 7.87. The van der Waals surface area contributed by atoms with E-state index in [1.54, 1.807) is 11.6 Å². The zero-order chi connectivity index (χ0) is 22.0. The van der Waals surface area contributed by atoms with Gasteiger partial charge in [-0.1, -0.05) is 37.4 Å². The zero-order valence-corrected chi connectivity index (χ0v) is 16.8. The van der Waals surface area contributed by atoms with Gasteiger partial charge in [0.25, 0.3) is 0 Å². The molecule has 0 amide bonds. The summed E-state index contributed by atoms with van der Waals surface area (Å²) < 4.78 is 39.4. The summed E-state index contributed by atoms with van der Waals surface area (Å²) in [6.07, 6.45) is 1.37. The first-order valence-corrected chi connectivity index (χ1v) is 11.9. The lowest BCUT2D eigenvalue weighted by molar-refractivity contribution is -0.661. The van der Waals surface area contributed by atoms with Crippen molar-refractivity contribution >= 4 is 18.4 Å². The second-order valence-corrected chi connectivity index (χ2v) is 12.0. The normalized spacial score (nSPS) is 15.9. The number of hydrogen-bond donors (Lipinski definition) is 0. The molecule has 0 N–H and O–H groups in total. The molecule has 2 nitrogen and oxygen atoms in total. The summed E-state index contributed by atoms with van der Waals surface area (Å²) in [5.74, 6) is -0.729. The molecule has 0 unspecified atom stereocenters. The Labute approximate surface area is 164 Å². The fourth-order valence-electron chi connectivity index (χ4n) is 4.36. The molecule has 2 aromatic carbocycles. The van der Waals surface area contributed by atoms with Crippen molar-refractivity contribution in [2.24, 2.45) is 7.05 Å². The SMILES string of the molecule is [2H]C([2H])([2H])c1c[n+](C)c(-c2c(C)ccc3c2[Si](C)(C)c2cccc(C#N)c2-3)cc1F. The van der Waals surface area contributed by atoms with Crippen LogP contribution >= 0.6 is 0 Å². The van der Waals surface area contributed by atoms with Crippen molar-refractivity contribution in [1.29, 1.82) is 5.26 Å². The van der Waals surface area contributed by atoms with Crippen molar-refractivity contribution in [3.05, 3.63) is 65.1 Å². The number of fused-ring (bicyclic) bond motifs is 3. The first-order valence-electron chi connectivity index (χ1n) is 10.4. The van der Waals surface area contributed by atoms with Gasteiger partial charge in [0.1, 0.15) is 20.9 Å². The van der Waals surface area contributed by atoms with Gasteiger partial charge in [0, 0.05) is 21.3 Å². The fraction of sp³-hybridized carbons (Fsp3) is 0.217. The number of nitrogens with zero attached hydrogens (tertiary/aromatic N) is 2. The van der Waals surface area contributed by atoms with Crippen LogP contribution in [0.4, 0.5) is 4.39 Å². The molecule has 1 aliphatic rings. The number of aryl methyl sites for hydroxylation is 3. The van der Waals surface area contributed by atoms with Crippen molar-refractivity contribution in [3.63, 3.8) is 0 Å². The Morgan fingerprint density at radius 3 is 2.63 bits per heavy atom. The summed E-state index contributed by atoms with van der Waals surface area (Å²) in [5.41, 5.74) is 4.94. The van der Waals surface area contributed by atoms with Crippen LogP contribution in [0.25, 0.3) is 22.4 Å². The smallest absolute Gasteiger partial charge is 0.206 e. The third-order valence-corrected chi connectivity index (χ3v) is 9.18. The van der Waals surface area contributed by atoms with Crippen molar-refractivity contribution < 1.29 is 13.1 Å². The lowest BCUT2D eigenvalue weighted by atomic mass is 9.95. The number of halogens is 1. The van der Waals surface area contributed by atoms with Crippen LogP contribution in [0.5, 0.6) is 0 Å². The number of rotatable bonds is 1. The average molecular weight is 377 g/mol. The molecule has 0 saturated heterocycles. The Morgan fingerprint density at radius 2 is 1.93 bits per heavy atom. The molecule has 0 aliphatic carbocycles. The maximum atomic E-state index is 14.9. The van der Waals surface area contributed by atoms with Gasteiger partial charge in [-0.25, -0.2) is 8.96 Å². The molecule has 0 spiro atoms. The topological polar surface area (TPSA) is 27.7 Å². The van der Waals surface area contributed by atoms with E-state index in [4.69, 9.17) is 4.11 Å². The highest BCUT2D eigenvalue weighted by Gasteiger charge is 2.42. The highest BCUT2D eigenvalue weighted by molar-refractivity contribution is 7.04. The van der Waals surface area contributed by atoms with E-state index in [1.165, 1.54) is 17.4 Å². The predicted molar refractivity (Wildman–Crippen MR) is 109 cm³/mol. The van der Waals surface area contributed by atoms with Gasteiger partial charge < -0.3 is 0 Å². The van der Waals surface area contributed by atoms with E-state index in [1.807, 2.05) is 25.1 Å². The van der Waals surface area contributed by atoms with Crippen LogP contribution in [0.3, 0.4) is 0 Å². The highest BCUT2D eigenvalue weighted by Crippen LogP contribution is 2.36. The molecule has 4 rings (SSSR count). The minimum absolute atomic E-state index is 0.287. The van der Waals surface area contributed by atoms with Crippen LogP contribution in [-0.4, -0.2) is 8.07 Å². The van der Waals surface area contributed by atoms with E-state index >= 15 is 0 Å². The summed E-state index contributed by atoms with van der Waals surface area (Å²) >= 11 is 0. The molecule has 0 bridgehead atoms. The lowest BCUT2D eigenvalue weighted by Crippen LogP contribution is -2.51. The van der Waals surface area contributed by atoms with Gasteiger partial charge in [0.05, 0.1) is 11.6 Å². The molecule has 0 radical (unpaired) electrons. The molecule has 0 saturated carbocycles. The molecule has 1 aromatic heterocycles. The molecule has 1 aliphatic heterocycles. The molecular weight excluding hydrogens is 351 g/mol. The third-order valence-electron chi connectivity index (χ3n) is 5.65. The summed E-state index contributed by atoms with van der Waals surface area (Å²) in [7, 11) is -0.426. The van der Waals surface area contributed by atoms with Gasteiger partial charge in [-0.15, -0.1) is 0 Å². The van der Waals surface area contributed by atoms with Crippen LogP contribution < -0.4 is 14.9 Å². The number of pyridine rings is 1. The standard InChI is InChI=1S/C23H22FN2Si/c1-14-9-10-17-22-16(12-25)7-6-8-20(22)27(4,5)23(17)21(14)19-11-18(24)15(2)13-26(19)3/h6-11,13H,1-5H3/q+1/i2D3. The van der Waals surface area contributed by atoms with E-state index in [0.29, 0.717) is 11.3 Å². The van der Waals surface area contributed by atoms with Gasteiger partial charge in [0.15, 0.2) is 6.20 Å². The predicted octanol–water partition coefficient (Wildman–Crippen LogP) is 3.61. The van der Waals surface area contributed by atoms with Gasteiger partial charge in [-0.05, 0) is 46.9 Å². The van der Waals surface area contributed by atoms with Crippen molar-refractivity contribution in [3.8, 4) is 28.5 Å². The molecule has 2 heterocycles. The maximum absolute atomic E-state index is 14.9. The van der Waals surface area contributed by atoms with E-state index in [9.17, 15) is 9.65 Å². The number of aromatic nitrogens is 1.